The Morgan fingerprint density at radius 3 is 2.80 bits per heavy atom. The van der Waals surface area contributed by atoms with Gasteiger partial charge in [0.1, 0.15) is 12.4 Å². The molecule has 0 saturated heterocycles. The molecule has 1 aliphatic rings. The van der Waals surface area contributed by atoms with E-state index < -0.39 is 5.97 Å². The van der Waals surface area contributed by atoms with Gasteiger partial charge >= 0.3 is 5.97 Å². The predicted octanol–water partition coefficient (Wildman–Crippen LogP) is 5.58. The molecule has 0 N–H and O–H groups in total. The molecule has 0 atom stereocenters. The van der Waals surface area contributed by atoms with E-state index >= 15 is 0 Å². The average Bonchev–Trinajstić information content (AvgIpc) is 3.38. The Morgan fingerprint density at radius 1 is 1.23 bits per heavy atom. The number of halogens is 2. The monoisotopic (exact) mass is 487 g/mol. The number of methoxy groups -OCH3 is 1. The molecule has 5 nitrogen and oxygen atoms in total. The number of thiophene rings is 1. The number of aliphatic imine (C=N–C) groups is 1. The molecule has 0 amide bonds. The fourth-order valence-electron chi connectivity index (χ4n) is 2.80. The van der Waals surface area contributed by atoms with Gasteiger partial charge in [0.2, 0.25) is 5.90 Å². The SMILES string of the molecule is COc1cc(/C=C2\N=C(c3cccs3)OC2=O)cc(Br)c1OCc1ccccc1F. The van der Waals surface area contributed by atoms with Gasteiger partial charge in [0, 0.05) is 5.56 Å². The topological polar surface area (TPSA) is 57.1 Å². The molecule has 0 spiro atoms. The number of rotatable bonds is 6. The maximum absolute atomic E-state index is 13.9. The first kappa shape index (κ1) is 20.3. The van der Waals surface area contributed by atoms with Crippen molar-refractivity contribution in [3.8, 4) is 11.5 Å². The van der Waals surface area contributed by atoms with Gasteiger partial charge in [-0.25, -0.2) is 14.2 Å². The van der Waals surface area contributed by atoms with Gasteiger partial charge in [0.25, 0.3) is 0 Å². The Balaban J connectivity index is 1.60. The number of carbonyl (C=O) groups excluding carboxylic acids is 1. The lowest BCUT2D eigenvalue weighted by atomic mass is 10.1. The van der Waals surface area contributed by atoms with Crippen LogP contribution in [0.1, 0.15) is 16.0 Å². The van der Waals surface area contributed by atoms with Crippen LogP contribution in [0.3, 0.4) is 0 Å². The number of esters is 1. The summed E-state index contributed by atoms with van der Waals surface area (Å²) in [4.78, 5) is 17.2. The van der Waals surface area contributed by atoms with Crippen molar-refractivity contribution in [2.24, 2.45) is 4.99 Å². The Kier molecular flexibility index (Phi) is 5.96. The molecule has 1 aromatic heterocycles. The molecule has 0 saturated carbocycles. The fourth-order valence-corrected chi connectivity index (χ4v) is 4.02. The van der Waals surface area contributed by atoms with Gasteiger partial charge in [0.05, 0.1) is 16.5 Å². The second-order valence-corrected chi connectivity index (χ2v) is 8.03. The Bertz CT molecular complexity index is 1160. The van der Waals surface area contributed by atoms with E-state index in [9.17, 15) is 9.18 Å². The van der Waals surface area contributed by atoms with Crippen LogP contribution in [0.25, 0.3) is 6.08 Å². The molecule has 3 aromatic rings. The zero-order valence-electron chi connectivity index (χ0n) is 15.7. The molecule has 2 aromatic carbocycles. The van der Waals surface area contributed by atoms with Crippen molar-refractivity contribution in [3.63, 3.8) is 0 Å². The van der Waals surface area contributed by atoms with Crippen molar-refractivity contribution in [2.75, 3.05) is 7.11 Å². The van der Waals surface area contributed by atoms with E-state index in [4.69, 9.17) is 14.2 Å². The first-order chi connectivity index (χ1) is 14.5. The van der Waals surface area contributed by atoms with E-state index in [1.807, 2.05) is 17.5 Å². The van der Waals surface area contributed by atoms with Gasteiger partial charge in [-0.3, -0.25) is 0 Å². The molecule has 0 radical (unpaired) electrons. The highest BCUT2D eigenvalue weighted by Crippen LogP contribution is 2.38. The van der Waals surface area contributed by atoms with Crippen molar-refractivity contribution in [1.82, 2.24) is 0 Å². The molecule has 0 fully saturated rings. The maximum Gasteiger partial charge on any atom is 0.363 e. The maximum atomic E-state index is 13.9. The molecule has 1 aliphatic heterocycles. The first-order valence-corrected chi connectivity index (χ1v) is 10.5. The quantitative estimate of drug-likeness (QED) is 0.336. The third kappa shape index (κ3) is 4.29. The molecule has 30 heavy (non-hydrogen) atoms. The van der Waals surface area contributed by atoms with Gasteiger partial charge in [0.15, 0.2) is 17.2 Å². The first-order valence-electron chi connectivity index (χ1n) is 8.85. The van der Waals surface area contributed by atoms with Crippen LogP contribution in [0, 0.1) is 5.82 Å². The lowest BCUT2D eigenvalue weighted by Crippen LogP contribution is -2.03. The molecular formula is C22H15BrFNO4S. The minimum atomic E-state index is -0.520. The minimum Gasteiger partial charge on any atom is -0.493 e. The van der Waals surface area contributed by atoms with Crippen molar-refractivity contribution in [3.05, 3.63) is 85.9 Å². The Labute approximate surface area is 184 Å². The number of nitrogens with zero attached hydrogens (tertiary/aromatic N) is 1. The lowest BCUT2D eigenvalue weighted by Gasteiger charge is -2.14. The Morgan fingerprint density at radius 2 is 2.07 bits per heavy atom. The third-order valence-corrected chi connectivity index (χ3v) is 5.68. The molecule has 0 unspecified atom stereocenters. The minimum absolute atomic E-state index is 0.0445. The van der Waals surface area contributed by atoms with Crippen LogP contribution in [0.15, 0.2) is 69.1 Å². The lowest BCUT2D eigenvalue weighted by molar-refractivity contribution is -0.129. The van der Waals surface area contributed by atoms with E-state index in [1.165, 1.54) is 24.5 Å². The van der Waals surface area contributed by atoms with E-state index in [0.29, 0.717) is 27.1 Å². The second-order valence-electron chi connectivity index (χ2n) is 6.23. The number of hydrogen-bond acceptors (Lipinski definition) is 6. The number of carbonyl (C=O) groups is 1. The zero-order valence-corrected chi connectivity index (χ0v) is 18.1. The molecule has 152 valence electrons. The molecular weight excluding hydrogens is 473 g/mol. The number of cyclic esters (lactones) is 1. The Hall–Kier alpha value is -2.97. The summed E-state index contributed by atoms with van der Waals surface area (Å²) < 4.78 is 30.9. The molecule has 8 heteroatoms. The molecule has 4 rings (SSSR count). The standard InChI is InChI=1S/C22H15BrFNO4S/c1-27-18-11-13(10-17-22(26)29-21(25-17)19-7-4-8-30-19)9-15(23)20(18)28-12-14-5-2-3-6-16(14)24/h2-11H,12H2,1H3/b17-10-. The van der Waals surface area contributed by atoms with Gasteiger partial charge in [-0.15, -0.1) is 11.3 Å². The summed E-state index contributed by atoms with van der Waals surface area (Å²) in [5, 5.41) is 1.88. The number of ether oxygens (including phenoxy) is 3. The smallest absolute Gasteiger partial charge is 0.363 e. The highest BCUT2D eigenvalue weighted by Gasteiger charge is 2.25. The molecule has 2 heterocycles. The third-order valence-electron chi connectivity index (χ3n) is 4.24. The van der Waals surface area contributed by atoms with Crippen LogP contribution in [0.5, 0.6) is 11.5 Å². The summed E-state index contributed by atoms with van der Waals surface area (Å²) in [6.07, 6.45) is 1.61. The van der Waals surface area contributed by atoms with Crippen LogP contribution in [0.4, 0.5) is 4.39 Å². The highest BCUT2D eigenvalue weighted by atomic mass is 79.9. The van der Waals surface area contributed by atoms with Crippen LogP contribution in [0.2, 0.25) is 0 Å². The van der Waals surface area contributed by atoms with E-state index in [-0.39, 0.29) is 24.0 Å². The van der Waals surface area contributed by atoms with Gasteiger partial charge in [-0.05, 0) is 57.2 Å². The van der Waals surface area contributed by atoms with Crippen molar-refractivity contribution >= 4 is 45.2 Å². The summed E-state index contributed by atoms with van der Waals surface area (Å²) in [5.41, 5.74) is 1.29. The second kappa shape index (κ2) is 8.81. The number of benzene rings is 2. The van der Waals surface area contributed by atoms with E-state index in [0.717, 1.165) is 4.88 Å². The van der Waals surface area contributed by atoms with Gasteiger partial charge < -0.3 is 14.2 Å². The molecule has 0 bridgehead atoms. The van der Waals surface area contributed by atoms with Crippen molar-refractivity contribution in [1.29, 1.82) is 0 Å². The largest absolute Gasteiger partial charge is 0.493 e. The summed E-state index contributed by atoms with van der Waals surface area (Å²) >= 11 is 4.90. The highest BCUT2D eigenvalue weighted by molar-refractivity contribution is 9.10. The summed E-state index contributed by atoms with van der Waals surface area (Å²) in [7, 11) is 1.51. The average molecular weight is 488 g/mol. The van der Waals surface area contributed by atoms with Crippen molar-refractivity contribution < 1.29 is 23.4 Å². The van der Waals surface area contributed by atoms with Gasteiger partial charge in [-0.1, -0.05) is 24.3 Å². The summed E-state index contributed by atoms with van der Waals surface area (Å²) in [6, 6.07) is 13.6. The summed E-state index contributed by atoms with van der Waals surface area (Å²) in [6.45, 7) is 0.0445. The number of hydrogen-bond donors (Lipinski definition) is 0. The van der Waals surface area contributed by atoms with E-state index in [1.54, 1.807) is 36.4 Å². The van der Waals surface area contributed by atoms with E-state index in [2.05, 4.69) is 20.9 Å². The summed E-state index contributed by atoms with van der Waals surface area (Å²) in [5.74, 6) is 0.291. The van der Waals surface area contributed by atoms with Crippen LogP contribution in [-0.4, -0.2) is 19.0 Å². The molecule has 0 aliphatic carbocycles. The normalized spacial score (nSPS) is 14.6. The zero-order chi connectivity index (χ0) is 21.1. The van der Waals surface area contributed by atoms with Crippen LogP contribution < -0.4 is 9.47 Å². The van der Waals surface area contributed by atoms with Gasteiger partial charge in [-0.2, -0.15) is 0 Å². The predicted molar refractivity (Wildman–Crippen MR) is 116 cm³/mol. The van der Waals surface area contributed by atoms with Crippen LogP contribution >= 0.6 is 27.3 Å². The fraction of sp³-hybridized carbons (Fsp3) is 0.0909. The van der Waals surface area contributed by atoms with Crippen LogP contribution in [-0.2, 0) is 16.1 Å². The van der Waals surface area contributed by atoms with Crippen molar-refractivity contribution in [2.45, 2.75) is 6.61 Å².